The number of hydrogen-bond acceptors (Lipinski definition) is 5. The summed E-state index contributed by atoms with van der Waals surface area (Å²) in [6.07, 6.45) is 1.25. The molecule has 0 aliphatic heterocycles. The Morgan fingerprint density at radius 2 is 2.11 bits per heavy atom. The van der Waals surface area contributed by atoms with Crippen LogP contribution in [-0.4, -0.2) is 33.3 Å². The molecule has 0 saturated carbocycles. The molecule has 0 radical (unpaired) electrons. The van der Waals surface area contributed by atoms with Crippen molar-refractivity contribution in [1.29, 1.82) is 0 Å². The monoisotopic (exact) mass is 303 g/mol. The fraction of sp³-hybridized carbons (Fsp3) is 0.538. The topological polar surface area (TPSA) is 69.4 Å². The zero-order valence-corrected chi connectivity index (χ0v) is 13.2. The average molecular weight is 303 g/mol. The number of nitrogens with two attached hydrogens (primary N) is 1. The minimum atomic E-state index is -2.89. The molecule has 0 spiro atoms. The van der Waals surface area contributed by atoms with Gasteiger partial charge in [0.1, 0.15) is 15.6 Å². The molecule has 2 N–H and O–H groups in total. The van der Waals surface area contributed by atoms with E-state index >= 15 is 0 Å². The first-order chi connectivity index (χ1) is 8.83. The smallest absolute Gasteiger partial charge is 0.148 e. The van der Waals surface area contributed by atoms with Crippen LogP contribution in [0.5, 0.6) is 5.75 Å². The molecule has 1 aromatic rings. The molecule has 0 saturated heterocycles. The number of benzene rings is 1. The maximum atomic E-state index is 11.1. The van der Waals surface area contributed by atoms with E-state index in [0.29, 0.717) is 5.75 Å². The van der Waals surface area contributed by atoms with Crippen LogP contribution in [0.3, 0.4) is 0 Å². The molecule has 1 unspecified atom stereocenters. The van der Waals surface area contributed by atoms with Crippen LogP contribution in [0, 0.1) is 0 Å². The normalized spacial score (nSPS) is 13.3. The summed E-state index contributed by atoms with van der Waals surface area (Å²) in [5, 5.41) is 0. The van der Waals surface area contributed by atoms with Crippen molar-refractivity contribution in [3.63, 3.8) is 0 Å². The van der Waals surface area contributed by atoms with Crippen molar-refractivity contribution < 1.29 is 13.2 Å². The summed E-state index contributed by atoms with van der Waals surface area (Å²) < 4.78 is 27.4. The first-order valence-electron chi connectivity index (χ1n) is 6.01. The Balaban J connectivity index is 2.67. The van der Waals surface area contributed by atoms with Gasteiger partial charge in [-0.3, -0.25) is 0 Å². The van der Waals surface area contributed by atoms with Gasteiger partial charge in [-0.15, -0.1) is 0 Å². The Labute approximate surface area is 119 Å². The Morgan fingerprint density at radius 3 is 2.63 bits per heavy atom. The molecule has 1 rings (SSSR count). The largest absolute Gasteiger partial charge is 0.496 e. The highest BCUT2D eigenvalue weighted by Gasteiger charge is 2.08. The van der Waals surface area contributed by atoms with Gasteiger partial charge in [0.2, 0.25) is 0 Å². The molecule has 0 amide bonds. The third kappa shape index (κ3) is 5.84. The number of hydrogen-bond donors (Lipinski definition) is 1. The maximum Gasteiger partial charge on any atom is 0.148 e. The lowest BCUT2D eigenvalue weighted by Gasteiger charge is -2.12. The van der Waals surface area contributed by atoms with Crippen molar-refractivity contribution in [1.82, 2.24) is 0 Å². The van der Waals surface area contributed by atoms with E-state index in [0.717, 1.165) is 22.6 Å². The van der Waals surface area contributed by atoms with Gasteiger partial charge in [-0.25, -0.2) is 8.42 Å². The molecule has 0 bridgehead atoms. The second-order valence-corrected chi connectivity index (χ2v) is 7.91. The fourth-order valence-corrected chi connectivity index (χ4v) is 3.86. The van der Waals surface area contributed by atoms with Gasteiger partial charge < -0.3 is 10.5 Å². The lowest BCUT2D eigenvalue weighted by atomic mass is 10.1. The molecule has 19 heavy (non-hydrogen) atoms. The Bertz CT molecular complexity index is 513. The molecule has 6 heteroatoms. The summed E-state index contributed by atoms with van der Waals surface area (Å²) in [6, 6.07) is 5.86. The molecule has 0 aliphatic carbocycles. The van der Waals surface area contributed by atoms with E-state index in [-0.39, 0.29) is 11.8 Å². The van der Waals surface area contributed by atoms with Crippen LogP contribution in [0.15, 0.2) is 18.2 Å². The standard InChI is InChI=1S/C13H21NO3S2/c1-10(14)11-4-5-13(17-2)12(8-11)9-18-6-7-19(3,15)16/h4-5,8,10H,6-7,9,14H2,1-3H3. The predicted octanol–water partition coefficient (Wildman–Crippen LogP) is 1.99. The van der Waals surface area contributed by atoms with Crippen LogP contribution in [0.4, 0.5) is 0 Å². The van der Waals surface area contributed by atoms with Crippen molar-refractivity contribution >= 4 is 21.6 Å². The summed E-state index contributed by atoms with van der Waals surface area (Å²) >= 11 is 1.58. The molecule has 108 valence electrons. The van der Waals surface area contributed by atoms with E-state index in [1.807, 2.05) is 25.1 Å². The maximum absolute atomic E-state index is 11.1. The minimum Gasteiger partial charge on any atom is -0.496 e. The van der Waals surface area contributed by atoms with Gasteiger partial charge >= 0.3 is 0 Å². The number of ether oxygens (including phenoxy) is 1. The Hall–Kier alpha value is -0.720. The summed E-state index contributed by atoms with van der Waals surface area (Å²) in [6.45, 7) is 1.93. The molecular weight excluding hydrogens is 282 g/mol. The van der Waals surface area contributed by atoms with Gasteiger partial charge in [0.05, 0.1) is 12.9 Å². The molecule has 0 aromatic heterocycles. The first-order valence-corrected chi connectivity index (χ1v) is 9.23. The number of methoxy groups -OCH3 is 1. The Kier molecular flexibility index (Phi) is 6.16. The number of rotatable bonds is 7. The van der Waals surface area contributed by atoms with Gasteiger partial charge in [-0.1, -0.05) is 6.07 Å². The van der Waals surface area contributed by atoms with Crippen molar-refractivity contribution in [2.24, 2.45) is 5.73 Å². The Morgan fingerprint density at radius 1 is 1.42 bits per heavy atom. The lowest BCUT2D eigenvalue weighted by Crippen LogP contribution is -2.07. The van der Waals surface area contributed by atoms with E-state index in [1.165, 1.54) is 6.26 Å². The number of sulfone groups is 1. The molecular formula is C13H21NO3S2. The first kappa shape index (κ1) is 16.3. The molecule has 1 atom stereocenters. The quantitative estimate of drug-likeness (QED) is 0.780. The van der Waals surface area contributed by atoms with Crippen LogP contribution in [0.2, 0.25) is 0 Å². The van der Waals surface area contributed by atoms with E-state index in [9.17, 15) is 8.42 Å². The lowest BCUT2D eigenvalue weighted by molar-refractivity contribution is 0.411. The van der Waals surface area contributed by atoms with Gasteiger partial charge in [0.15, 0.2) is 0 Å². The second kappa shape index (κ2) is 7.17. The zero-order valence-electron chi connectivity index (χ0n) is 11.5. The van der Waals surface area contributed by atoms with Crippen LogP contribution in [-0.2, 0) is 15.6 Å². The van der Waals surface area contributed by atoms with Crippen LogP contribution < -0.4 is 10.5 Å². The van der Waals surface area contributed by atoms with Gasteiger partial charge in [0, 0.05) is 29.4 Å². The molecule has 0 fully saturated rings. The molecule has 1 aromatic carbocycles. The van der Waals surface area contributed by atoms with Gasteiger partial charge in [0.25, 0.3) is 0 Å². The van der Waals surface area contributed by atoms with E-state index in [4.69, 9.17) is 10.5 Å². The highest BCUT2D eigenvalue weighted by Crippen LogP contribution is 2.26. The molecule has 4 nitrogen and oxygen atoms in total. The SMILES string of the molecule is COc1ccc(C(C)N)cc1CSCCS(C)(=O)=O. The van der Waals surface area contributed by atoms with Crippen LogP contribution in [0.1, 0.15) is 24.1 Å². The molecule has 0 heterocycles. The van der Waals surface area contributed by atoms with Crippen molar-refractivity contribution in [2.75, 3.05) is 24.9 Å². The summed E-state index contributed by atoms with van der Waals surface area (Å²) in [5.41, 5.74) is 7.97. The van der Waals surface area contributed by atoms with E-state index < -0.39 is 9.84 Å². The zero-order chi connectivity index (χ0) is 14.5. The van der Waals surface area contributed by atoms with Crippen molar-refractivity contribution in [3.05, 3.63) is 29.3 Å². The highest BCUT2D eigenvalue weighted by atomic mass is 32.2. The average Bonchev–Trinajstić information content (AvgIpc) is 2.33. The van der Waals surface area contributed by atoms with E-state index in [2.05, 4.69) is 0 Å². The third-order valence-electron chi connectivity index (χ3n) is 2.69. The summed E-state index contributed by atoms with van der Waals surface area (Å²) in [7, 11) is -1.26. The fourth-order valence-electron chi connectivity index (χ4n) is 1.59. The number of thioether (sulfide) groups is 1. The van der Waals surface area contributed by atoms with Crippen molar-refractivity contribution in [2.45, 2.75) is 18.7 Å². The van der Waals surface area contributed by atoms with Gasteiger partial charge in [-0.05, 0) is 24.6 Å². The van der Waals surface area contributed by atoms with Crippen molar-refractivity contribution in [3.8, 4) is 5.75 Å². The van der Waals surface area contributed by atoms with Crippen LogP contribution >= 0.6 is 11.8 Å². The highest BCUT2D eigenvalue weighted by molar-refractivity contribution is 7.99. The second-order valence-electron chi connectivity index (χ2n) is 4.54. The van der Waals surface area contributed by atoms with Gasteiger partial charge in [-0.2, -0.15) is 11.8 Å². The third-order valence-corrected chi connectivity index (χ3v) is 4.90. The summed E-state index contributed by atoms with van der Waals surface area (Å²) in [5.74, 6) is 2.33. The summed E-state index contributed by atoms with van der Waals surface area (Å²) in [4.78, 5) is 0. The van der Waals surface area contributed by atoms with E-state index in [1.54, 1.807) is 18.9 Å². The minimum absolute atomic E-state index is 0.0225. The predicted molar refractivity (Wildman–Crippen MR) is 81.5 cm³/mol. The van der Waals surface area contributed by atoms with Crippen LogP contribution in [0.25, 0.3) is 0 Å². The molecule has 0 aliphatic rings.